The molecule has 1 aliphatic heterocycles. The number of aryl methyl sites for hydroxylation is 1. The molecule has 0 saturated carbocycles. The first kappa shape index (κ1) is 20.7. The highest BCUT2D eigenvalue weighted by Gasteiger charge is 2.28. The van der Waals surface area contributed by atoms with E-state index in [-0.39, 0.29) is 25.5 Å². The zero-order valence-corrected chi connectivity index (χ0v) is 16.8. The van der Waals surface area contributed by atoms with Crippen LogP contribution in [0, 0.1) is 24.2 Å². The average molecular weight is 413 g/mol. The normalized spacial score (nSPS) is 14.9. The zero-order chi connectivity index (χ0) is 20.8. The fraction of sp³-hybridized carbons (Fsp3) is 0.318. The minimum Gasteiger partial charge on any atom is -0.492 e. The van der Waals surface area contributed by atoms with Gasteiger partial charge in [-0.3, -0.25) is 9.59 Å². The first-order valence-electron chi connectivity index (χ1n) is 9.30. The summed E-state index contributed by atoms with van der Waals surface area (Å²) >= 11 is 6.01. The molecule has 1 atom stereocenters. The Morgan fingerprint density at radius 3 is 2.76 bits per heavy atom. The molecule has 2 aromatic carbocycles. The quantitative estimate of drug-likeness (QED) is 0.676. The second kappa shape index (κ2) is 9.44. The highest BCUT2D eigenvalue weighted by Crippen LogP contribution is 2.30. The number of amides is 1. The molecule has 1 heterocycles. The molecule has 1 amide bonds. The Kier molecular flexibility index (Phi) is 6.73. The minimum atomic E-state index is -0.499. The van der Waals surface area contributed by atoms with Gasteiger partial charge in [-0.1, -0.05) is 29.3 Å². The molecule has 2 aromatic rings. The Hall–Kier alpha value is -3.04. The number of benzene rings is 2. The number of ether oxygens (including phenoxy) is 2. The van der Waals surface area contributed by atoms with Crippen molar-refractivity contribution in [2.24, 2.45) is 5.92 Å². The van der Waals surface area contributed by atoms with E-state index in [1.165, 1.54) is 4.90 Å². The lowest BCUT2D eigenvalue weighted by Crippen LogP contribution is -2.37. The molecule has 6 nitrogen and oxygen atoms in total. The summed E-state index contributed by atoms with van der Waals surface area (Å²) in [4.78, 5) is 26.6. The van der Waals surface area contributed by atoms with Crippen LogP contribution in [0.4, 0.5) is 5.69 Å². The molecular formula is C22H21ClN2O4. The standard InChI is InChI=1S/C22H21ClN2O4/c1-15-3-6-19(7-4-15)25(10-2-9-24)21(26)14-29-22(27)17-11-16-12-18(23)5-8-20(16)28-13-17/h3-8,12,17H,2,10-11,13-14H2,1H3/t17-/m1/s1. The van der Waals surface area contributed by atoms with Gasteiger partial charge >= 0.3 is 5.97 Å². The number of rotatable bonds is 6. The van der Waals surface area contributed by atoms with Crippen LogP contribution in [-0.4, -0.2) is 31.6 Å². The van der Waals surface area contributed by atoms with E-state index in [0.717, 1.165) is 11.1 Å². The maximum absolute atomic E-state index is 12.7. The van der Waals surface area contributed by atoms with Gasteiger partial charge in [-0.05, 0) is 49.2 Å². The van der Waals surface area contributed by atoms with Crippen LogP contribution in [0.15, 0.2) is 42.5 Å². The zero-order valence-electron chi connectivity index (χ0n) is 16.1. The van der Waals surface area contributed by atoms with Crippen LogP contribution in [-0.2, 0) is 20.7 Å². The SMILES string of the molecule is Cc1ccc(N(CCC#N)C(=O)COC(=O)[C@H]2COc3ccc(Cl)cc3C2)cc1. The number of carbonyl (C=O) groups is 2. The Morgan fingerprint density at radius 1 is 1.28 bits per heavy atom. The lowest BCUT2D eigenvalue weighted by atomic mass is 9.97. The molecule has 7 heteroatoms. The van der Waals surface area contributed by atoms with Crippen molar-refractivity contribution in [1.82, 2.24) is 0 Å². The van der Waals surface area contributed by atoms with Crippen LogP contribution in [0.3, 0.4) is 0 Å². The second-order valence-electron chi connectivity index (χ2n) is 6.86. The van der Waals surface area contributed by atoms with Gasteiger partial charge in [0.05, 0.1) is 18.4 Å². The number of nitrogens with zero attached hydrogens (tertiary/aromatic N) is 2. The lowest BCUT2D eigenvalue weighted by Gasteiger charge is -2.25. The number of fused-ring (bicyclic) bond motifs is 1. The molecule has 3 rings (SSSR count). The van der Waals surface area contributed by atoms with Gasteiger partial charge in [-0.25, -0.2) is 0 Å². The summed E-state index contributed by atoms with van der Waals surface area (Å²) in [5.41, 5.74) is 2.56. The van der Waals surface area contributed by atoms with Gasteiger partial charge in [0.25, 0.3) is 5.91 Å². The summed E-state index contributed by atoms with van der Waals surface area (Å²) in [5, 5.41) is 9.45. The van der Waals surface area contributed by atoms with Gasteiger partial charge in [0.1, 0.15) is 12.4 Å². The predicted molar refractivity (Wildman–Crippen MR) is 109 cm³/mol. The molecule has 0 aromatic heterocycles. The van der Waals surface area contributed by atoms with Crippen molar-refractivity contribution in [3.05, 3.63) is 58.6 Å². The number of anilines is 1. The highest BCUT2D eigenvalue weighted by molar-refractivity contribution is 6.30. The average Bonchev–Trinajstić information content (AvgIpc) is 2.72. The molecule has 0 aliphatic carbocycles. The molecule has 0 saturated heterocycles. The summed E-state index contributed by atoms with van der Waals surface area (Å²) in [6, 6.07) is 14.7. The largest absolute Gasteiger partial charge is 0.492 e. The van der Waals surface area contributed by atoms with E-state index in [1.807, 2.05) is 37.3 Å². The van der Waals surface area contributed by atoms with Gasteiger partial charge < -0.3 is 14.4 Å². The predicted octanol–water partition coefficient (Wildman–Crippen LogP) is 3.69. The Morgan fingerprint density at radius 2 is 2.03 bits per heavy atom. The number of esters is 1. The number of hydrogen-bond acceptors (Lipinski definition) is 5. The van der Waals surface area contributed by atoms with Gasteiger partial charge in [0, 0.05) is 17.3 Å². The molecule has 0 bridgehead atoms. The number of nitriles is 1. The first-order valence-corrected chi connectivity index (χ1v) is 9.67. The van der Waals surface area contributed by atoms with Gasteiger partial charge in [0.2, 0.25) is 0 Å². The Balaban J connectivity index is 1.61. The van der Waals surface area contributed by atoms with Crippen molar-refractivity contribution in [1.29, 1.82) is 5.26 Å². The summed E-state index contributed by atoms with van der Waals surface area (Å²) < 4.78 is 10.9. The number of halogens is 1. The topological polar surface area (TPSA) is 79.6 Å². The van der Waals surface area contributed by atoms with Crippen molar-refractivity contribution >= 4 is 29.2 Å². The van der Waals surface area contributed by atoms with Crippen molar-refractivity contribution in [2.45, 2.75) is 19.8 Å². The monoisotopic (exact) mass is 412 g/mol. The van der Waals surface area contributed by atoms with E-state index in [0.29, 0.717) is 22.9 Å². The summed E-state index contributed by atoms with van der Waals surface area (Å²) in [6.07, 6.45) is 0.626. The van der Waals surface area contributed by atoms with Crippen molar-refractivity contribution in [3.63, 3.8) is 0 Å². The van der Waals surface area contributed by atoms with Crippen molar-refractivity contribution in [2.75, 3.05) is 24.7 Å². The van der Waals surface area contributed by atoms with Crippen LogP contribution in [0.1, 0.15) is 17.5 Å². The third-order valence-corrected chi connectivity index (χ3v) is 4.93. The number of carbonyl (C=O) groups excluding carboxylic acids is 2. The third-order valence-electron chi connectivity index (χ3n) is 4.69. The van der Waals surface area contributed by atoms with E-state index >= 15 is 0 Å². The van der Waals surface area contributed by atoms with Gasteiger partial charge in [0.15, 0.2) is 6.61 Å². The summed E-state index contributed by atoms with van der Waals surface area (Å²) in [6.45, 7) is 1.98. The minimum absolute atomic E-state index is 0.182. The molecular weight excluding hydrogens is 392 g/mol. The van der Waals surface area contributed by atoms with Crippen molar-refractivity contribution in [3.8, 4) is 11.8 Å². The van der Waals surface area contributed by atoms with Crippen LogP contribution in [0.25, 0.3) is 0 Å². The van der Waals surface area contributed by atoms with Crippen molar-refractivity contribution < 1.29 is 19.1 Å². The van der Waals surface area contributed by atoms with Crippen LogP contribution >= 0.6 is 11.6 Å². The highest BCUT2D eigenvalue weighted by atomic mass is 35.5. The molecule has 1 aliphatic rings. The molecule has 0 radical (unpaired) electrons. The van der Waals surface area contributed by atoms with E-state index in [2.05, 4.69) is 0 Å². The molecule has 0 unspecified atom stereocenters. The fourth-order valence-corrected chi connectivity index (χ4v) is 3.32. The van der Waals surface area contributed by atoms with Gasteiger partial charge in [-0.2, -0.15) is 5.26 Å². The molecule has 0 N–H and O–H groups in total. The molecule has 150 valence electrons. The third kappa shape index (κ3) is 5.27. The Bertz CT molecular complexity index is 937. The smallest absolute Gasteiger partial charge is 0.313 e. The van der Waals surface area contributed by atoms with E-state index in [9.17, 15) is 9.59 Å². The van der Waals surface area contributed by atoms with Gasteiger partial charge in [-0.15, -0.1) is 0 Å². The molecule has 29 heavy (non-hydrogen) atoms. The molecule has 0 spiro atoms. The van der Waals surface area contributed by atoms with Crippen LogP contribution < -0.4 is 9.64 Å². The summed E-state index contributed by atoms with van der Waals surface area (Å²) in [7, 11) is 0. The lowest BCUT2D eigenvalue weighted by molar-refractivity contribution is -0.153. The maximum Gasteiger partial charge on any atom is 0.313 e. The fourth-order valence-electron chi connectivity index (χ4n) is 3.13. The summed E-state index contributed by atoms with van der Waals surface area (Å²) in [5.74, 6) is -0.664. The van der Waals surface area contributed by atoms with E-state index in [1.54, 1.807) is 18.2 Å². The van der Waals surface area contributed by atoms with E-state index < -0.39 is 18.5 Å². The van der Waals surface area contributed by atoms with Crippen LogP contribution in [0.2, 0.25) is 5.02 Å². The number of hydrogen-bond donors (Lipinski definition) is 0. The first-order chi connectivity index (χ1) is 14.0. The van der Waals surface area contributed by atoms with Crippen LogP contribution in [0.5, 0.6) is 5.75 Å². The molecule has 0 fully saturated rings. The maximum atomic E-state index is 12.7. The second-order valence-corrected chi connectivity index (χ2v) is 7.30. The van der Waals surface area contributed by atoms with E-state index in [4.69, 9.17) is 26.3 Å². The Labute approximate surface area is 174 Å².